The van der Waals surface area contributed by atoms with Crippen LogP contribution in [0.2, 0.25) is 0 Å². The molecule has 2 rings (SSSR count). The van der Waals surface area contributed by atoms with Gasteiger partial charge in [-0.3, -0.25) is 0 Å². The lowest BCUT2D eigenvalue weighted by Crippen LogP contribution is -2.47. The molecular formula is C14H27NO2. The van der Waals surface area contributed by atoms with Crippen LogP contribution in [-0.4, -0.2) is 37.5 Å². The van der Waals surface area contributed by atoms with Crippen LogP contribution in [0.15, 0.2) is 0 Å². The lowest BCUT2D eigenvalue weighted by molar-refractivity contribution is -0.0791. The van der Waals surface area contributed by atoms with Crippen LogP contribution in [0.3, 0.4) is 0 Å². The molecule has 0 radical (unpaired) electrons. The van der Waals surface area contributed by atoms with E-state index in [0.29, 0.717) is 18.2 Å². The van der Waals surface area contributed by atoms with Crippen molar-refractivity contribution in [3.63, 3.8) is 0 Å². The third-order valence-electron chi connectivity index (χ3n) is 4.53. The van der Waals surface area contributed by atoms with E-state index in [2.05, 4.69) is 19.2 Å². The van der Waals surface area contributed by atoms with Crippen LogP contribution in [0.5, 0.6) is 0 Å². The van der Waals surface area contributed by atoms with Gasteiger partial charge in [-0.2, -0.15) is 0 Å². The predicted octanol–water partition coefficient (Wildman–Crippen LogP) is 2.49. The van der Waals surface area contributed by atoms with Gasteiger partial charge in [0.25, 0.3) is 0 Å². The Kier molecular flexibility index (Phi) is 4.45. The maximum atomic E-state index is 5.89. The minimum absolute atomic E-state index is 0.0924. The molecule has 17 heavy (non-hydrogen) atoms. The normalized spacial score (nSPS) is 42.9. The van der Waals surface area contributed by atoms with Crippen LogP contribution in [-0.2, 0) is 9.47 Å². The van der Waals surface area contributed by atoms with Crippen molar-refractivity contribution in [1.82, 2.24) is 5.32 Å². The van der Waals surface area contributed by atoms with E-state index in [1.807, 2.05) is 7.11 Å². The van der Waals surface area contributed by atoms with Crippen molar-refractivity contribution in [2.24, 2.45) is 0 Å². The fourth-order valence-electron chi connectivity index (χ4n) is 3.16. The highest BCUT2D eigenvalue weighted by Crippen LogP contribution is 2.29. The summed E-state index contributed by atoms with van der Waals surface area (Å²) >= 11 is 0. The predicted molar refractivity (Wildman–Crippen MR) is 69.2 cm³/mol. The Bertz CT molecular complexity index is 246. The Hall–Kier alpha value is -0.120. The van der Waals surface area contributed by atoms with E-state index in [9.17, 15) is 0 Å². The first kappa shape index (κ1) is 13.3. The largest absolute Gasteiger partial charge is 0.381 e. The van der Waals surface area contributed by atoms with Crippen molar-refractivity contribution < 1.29 is 9.47 Å². The third-order valence-corrected chi connectivity index (χ3v) is 4.53. The Balaban J connectivity index is 1.79. The first-order valence-corrected chi connectivity index (χ1v) is 7.08. The summed E-state index contributed by atoms with van der Waals surface area (Å²) in [6, 6.07) is 1.29. The van der Waals surface area contributed by atoms with Crippen molar-refractivity contribution in [3.05, 3.63) is 0 Å². The Morgan fingerprint density at radius 3 is 2.76 bits per heavy atom. The van der Waals surface area contributed by atoms with E-state index in [1.165, 1.54) is 19.3 Å². The zero-order valence-corrected chi connectivity index (χ0v) is 11.5. The molecule has 0 aromatic carbocycles. The standard InChI is InChI=1S/C14H27NO2/c1-4-14(2)10-12(7-8-17-14)15-11-5-6-13(9-11)16-3/h11-13,15H,4-10H2,1-3H3. The summed E-state index contributed by atoms with van der Waals surface area (Å²) in [6.07, 6.45) is 7.54. The first-order valence-electron chi connectivity index (χ1n) is 7.08. The summed E-state index contributed by atoms with van der Waals surface area (Å²) in [5, 5.41) is 3.81. The summed E-state index contributed by atoms with van der Waals surface area (Å²) in [5.74, 6) is 0. The summed E-state index contributed by atoms with van der Waals surface area (Å²) in [4.78, 5) is 0. The average molecular weight is 241 g/mol. The van der Waals surface area contributed by atoms with Gasteiger partial charge < -0.3 is 14.8 Å². The van der Waals surface area contributed by atoms with Crippen molar-refractivity contribution >= 4 is 0 Å². The summed E-state index contributed by atoms with van der Waals surface area (Å²) in [6.45, 7) is 5.37. The quantitative estimate of drug-likeness (QED) is 0.820. The summed E-state index contributed by atoms with van der Waals surface area (Å²) in [5.41, 5.74) is 0.0924. The molecule has 1 N–H and O–H groups in total. The molecule has 4 unspecified atom stereocenters. The van der Waals surface area contributed by atoms with Gasteiger partial charge in [0.2, 0.25) is 0 Å². The number of methoxy groups -OCH3 is 1. The summed E-state index contributed by atoms with van der Waals surface area (Å²) < 4.78 is 11.3. The highest BCUT2D eigenvalue weighted by Gasteiger charge is 2.34. The third kappa shape index (κ3) is 3.43. The van der Waals surface area contributed by atoms with E-state index in [1.54, 1.807) is 0 Å². The Morgan fingerprint density at radius 1 is 1.29 bits per heavy atom. The SMILES string of the molecule is CCC1(C)CC(NC2CCC(OC)C2)CCO1. The fourth-order valence-corrected chi connectivity index (χ4v) is 3.16. The van der Waals surface area contributed by atoms with Gasteiger partial charge >= 0.3 is 0 Å². The molecular weight excluding hydrogens is 214 g/mol. The minimum atomic E-state index is 0.0924. The van der Waals surface area contributed by atoms with Crippen molar-refractivity contribution in [3.8, 4) is 0 Å². The fraction of sp³-hybridized carbons (Fsp3) is 1.00. The van der Waals surface area contributed by atoms with E-state index in [4.69, 9.17) is 9.47 Å². The number of nitrogens with one attached hydrogen (secondary N) is 1. The molecule has 0 bridgehead atoms. The number of rotatable bonds is 4. The smallest absolute Gasteiger partial charge is 0.0666 e. The van der Waals surface area contributed by atoms with E-state index < -0.39 is 0 Å². The van der Waals surface area contributed by atoms with Gasteiger partial charge in [0.15, 0.2) is 0 Å². The molecule has 3 nitrogen and oxygen atoms in total. The molecule has 0 amide bonds. The van der Waals surface area contributed by atoms with Crippen LogP contribution in [0.4, 0.5) is 0 Å². The second-order valence-electron chi connectivity index (χ2n) is 5.88. The van der Waals surface area contributed by atoms with Crippen molar-refractivity contribution in [2.45, 2.75) is 76.2 Å². The Morgan fingerprint density at radius 2 is 2.12 bits per heavy atom. The second kappa shape index (κ2) is 5.68. The van der Waals surface area contributed by atoms with E-state index in [0.717, 1.165) is 25.9 Å². The summed E-state index contributed by atoms with van der Waals surface area (Å²) in [7, 11) is 1.83. The zero-order valence-electron chi connectivity index (χ0n) is 11.5. The van der Waals surface area contributed by atoms with Crippen molar-refractivity contribution in [2.75, 3.05) is 13.7 Å². The van der Waals surface area contributed by atoms with Crippen LogP contribution < -0.4 is 5.32 Å². The molecule has 1 heterocycles. The van der Waals surface area contributed by atoms with E-state index in [-0.39, 0.29) is 5.60 Å². The molecule has 1 saturated carbocycles. The first-order chi connectivity index (χ1) is 8.15. The van der Waals surface area contributed by atoms with Gasteiger partial charge in [-0.15, -0.1) is 0 Å². The van der Waals surface area contributed by atoms with E-state index >= 15 is 0 Å². The van der Waals surface area contributed by atoms with Gasteiger partial charge in [0.05, 0.1) is 11.7 Å². The average Bonchev–Trinajstić information content (AvgIpc) is 2.77. The van der Waals surface area contributed by atoms with Gasteiger partial charge in [-0.1, -0.05) is 6.92 Å². The maximum Gasteiger partial charge on any atom is 0.0666 e. The van der Waals surface area contributed by atoms with Gasteiger partial charge in [0.1, 0.15) is 0 Å². The van der Waals surface area contributed by atoms with Crippen LogP contribution in [0.1, 0.15) is 52.4 Å². The van der Waals surface area contributed by atoms with Crippen molar-refractivity contribution in [1.29, 1.82) is 0 Å². The molecule has 0 spiro atoms. The topological polar surface area (TPSA) is 30.5 Å². The maximum absolute atomic E-state index is 5.89. The molecule has 0 aromatic rings. The molecule has 4 atom stereocenters. The molecule has 1 saturated heterocycles. The monoisotopic (exact) mass is 241 g/mol. The molecule has 3 heteroatoms. The second-order valence-corrected chi connectivity index (χ2v) is 5.88. The molecule has 2 fully saturated rings. The minimum Gasteiger partial charge on any atom is -0.381 e. The lowest BCUT2D eigenvalue weighted by Gasteiger charge is -2.39. The van der Waals surface area contributed by atoms with Gasteiger partial charge in [-0.05, 0) is 45.4 Å². The molecule has 2 aliphatic rings. The molecule has 0 aromatic heterocycles. The number of hydrogen-bond donors (Lipinski definition) is 1. The number of ether oxygens (including phenoxy) is 2. The Labute approximate surface area is 105 Å². The van der Waals surface area contributed by atoms with Gasteiger partial charge in [0, 0.05) is 25.8 Å². The molecule has 1 aliphatic heterocycles. The zero-order chi connectivity index (χ0) is 12.3. The van der Waals surface area contributed by atoms with Crippen LogP contribution in [0, 0.1) is 0 Å². The lowest BCUT2D eigenvalue weighted by atomic mass is 9.89. The molecule has 1 aliphatic carbocycles. The van der Waals surface area contributed by atoms with Gasteiger partial charge in [-0.25, -0.2) is 0 Å². The highest BCUT2D eigenvalue weighted by atomic mass is 16.5. The van der Waals surface area contributed by atoms with Crippen LogP contribution in [0.25, 0.3) is 0 Å². The van der Waals surface area contributed by atoms with Crippen LogP contribution >= 0.6 is 0 Å². The molecule has 100 valence electrons. The number of hydrogen-bond acceptors (Lipinski definition) is 3. The highest BCUT2D eigenvalue weighted by molar-refractivity contribution is 4.90.